The average Bonchev–Trinajstić information content (AvgIpc) is 3.40. The van der Waals surface area contributed by atoms with Crippen molar-refractivity contribution >= 4 is 40.0 Å². The molecule has 0 radical (unpaired) electrons. The van der Waals surface area contributed by atoms with Gasteiger partial charge in [-0.25, -0.2) is 5.01 Å². The van der Waals surface area contributed by atoms with Crippen molar-refractivity contribution in [2.75, 3.05) is 5.01 Å². The van der Waals surface area contributed by atoms with E-state index < -0.39 is 5.91 Å². The van der Waals surface area contributed by atoms with E-state index in [0.717, 1.165) is 46.2 Å². The topological polar surface area (TPSA) is 102 Å². The Morgan fingerprint density at radius 3 is 2.78 bits per heavy atom. The number of hydrogen-bond acceptors (Lipinski definition) is 5. The third-order valence-corrected chi connectivity index (χ3v) is 6.09. The fraction of sp³-hybridized carbons (Fsp3) is 0.217. The van der Waals surface area contributed by atoms with Crippen molar-refractivity contribution in [3.8, 4) is 5.69 Å². The van der Waals surface area contributed by atoms with Gasteiger partial charge in [0.15, 0.2) is 0 Å². The highest BCUT2D eigenvalue weighted by Crippen LogP contribution is 2.39. The fourth-order valence-electron chi connectivity index (χ4n) is 3.97. The molecule has 1 aliphatic heterocycles. The molecule has 1 saturated carbocycles. The number of carbonyl (C=O) groups is 2. The van der Waals surface area contributed by atoms with E-state index in [1.165, 1.54) is 0 Å². The van der Waals surface area contributed by atoms with Crippen LogP contribution in [0.4, 0.5) is 5.69 Å². The summed E-state index contributed by atoms with van der Waals surface area (Å²) in [5, 5.41) is 6.11. The lowest BCUT2D eigenvalue weighted by Gasteiger charge is -2.19. The summed E-state index contributed by atoms with van der Waals surface area (Å²) in [6, 6.07) is 9.18. The number of primary amides is 1. The van der Waals surface area contributed by atoms with Crippen molar-refractivity contribution in [3.63, 3.8) is 0 Å². The molecule has 2 amide bonds. The molecule has 2 aromatic carbocycles. The molecule has 1 aromatic heterocycles. The zero-order valence-corrected chi connectivity index (χ0v) is 18.1. The van der Waals surface area contributed by atoms with Crippen LogP contribution in [0.25, 0.3) is 16.6 Å². The summed E-state index contributed by atoms with van der Waals surface area (Å²) in [6.07, 6.45) is 6.98. The first-order chi connectivity index (χ1) is 15.4. The minimum Gasteiger partial charge on any atom is -0.395 e. The van der Waals surface area contributed by atoms with Crippen LogP contribution in [0.15, 0.2) is 49.0 Å². The van der Waals surface area contributed by atoms with E-state index in [0.29, 0.717) is 17.1 Å². The number of aryl methyl sites for hydroxylation is 1. The smallest absolute Gasteiger partial charge is 0.248 e. The SMILES string of the molecule is Cc1ccc2c(c(Cl)cn2-c2cc(C(N)=O)ccc2CNC(=O)C2CC2)c1N1C=CON1. The number of carbonyl (C=O) groups excluding carboxylic acids is 2. The first-order valence-electron chi connectivity index (χ1n) is 10.3. The van der Waals surface area contributed by atoms with Gasteiger partial charge in [0, 0.05) is 29.6 Å². The van der Waals surface area contributed by atoms with E-state index in [9.17, 15) is 9.59 Å². The third-order valence-electron chi connectivity index (χ3n) is 5.80. The monoisotopic (exact) mass is 451 g/mol. The minimum absolute atomic E-state index is 0.0510. The van der Waals surface area contributed by atoms with E-state index in [2.05, 4.69) is 10.9 Å². The van der Waals surface area contributed by atoms with Crippen molar-refractivity contribution in [1.29, 1.82) is 0 Å². The van der Waals surface area contributed by atoms with Crippen LogP contribution in [-0.4, -0.2) is 16.4 Å². The van der Waals surface area contributed by atoms with Crippen LogP contribution in [0, 0.1) is 12.8 Å². The molecule has 3 aromatic rings. The predicted octanol–water partition coefficient (Wildman–Crippen LogP) is 3.44. The predicted molar refractivity (Wildman–Crippen MR) is 122 cm³/mol. The van der Waals surface area contributed by atoms with Gasteiger partial charge >= 0.3 is 0 Å². The number of nitrogens with two attached hydrogens (primary N) is 1. The quantitative estimate of drug-likeness (QED) is 0.533. The molecule has 8 nitrogen and oxygen atoms in total. The molecule has 2 aliphatic rings. The Balaban J connectivity index is 1.64. The molecule has 164 valence electrons. The Labute approximate surface area is 189 Å². The Hall–Kier alpha value is -3.49. The van der Waals surface area contributed by atoms with Gasteiger partial charge in [-0.05, 0) is 49.1 Å². The lowest BCUT2D eigenvalue weighted by Crippen LogP contribution is -2.27. The van der Waals surface area contributed by atoms with Gasteiger partial charge in [0.05, 0.1) is 28.1 Å². The average molecular weight is 452 g/mol. The Bertz CT molecular complexity index is 1280. The van der Waals surface area contributed by atoms with E-state index in [1.54, 1.807) is 29.6 Å². The van der Waals surface area contributed by atoms with E-state index in [4.69, 9.17) is 22.2 Å². The highest BCUT2D eigenvalue weighted by molar-refractivity contribution is 6.37. The van der Waals surface area contributed by atoms with E-state index >= 15 is 0 Å². The summed E-state index contributed by atoms with van der Waals surface area (Å²) in [4.78, 5) is 29.2. The molecule has 2 heterocycles. The van der Waals surface area contributed by atoms with Gasteiger partial charge in [-0.15, -0.1) is 0 Å². The van der Waals surface area contributed by atoms with Gasteiger partial charge in [-0.1, -0.05) is 29.3 Å². The number of rotatable bonds is 6. The van der Waals surface area contributed by atoms with Crippen molar-refractivity contribution in [2.24, 2.45) is 11.7 Å². The van der Waals surface area contributed by atoms with Gasteiger partial charge < -0.3 is 20.5 Å². The fourth-order valence-corrected chi connectivity index (χ4v) is 4.25. The van der Waals surface area contributed by atoms with Crippen LogP contribution in [0.2, 0.25) is 5.02 Å². The van der Waals surface area contributed by atoms with Crippen molar-refractivity contribution < 1.29 is 14.4 Å². The standard InChI is InChI=1S/C23H22ClN5O3/c1-13-2-7-18-20(21(13)29-8-9-32-27-29)17(24)12-28(18)19-10-15(22(25)30)5-6-16(19)11-26-23(31)14-3-4-14/h2,5-10,12,14,27H,3-4,11H2,1H3,(H2,25,30)(H,26,31). The van der Waals surface area contributed by atoms with Crippen LogP contribution < -0.4 is 21.6 Å². The summed E-state index contributed by atoms with van der Waals surface area (Å²) in [5.41, 5.74) is 13.0. The molecular formula is C23H22ClN5O3. The minimum atomic E-state index is -0.525. The summed E-state index contributed by atoms with van der Waals surface area (Å²) in [6.45, 7) is 2.33. The molecule has 32 heavy (non-hydrogen) atoms. The number of nitrogens with one attached hydrogen (secondary N) is 2. The molecule has 5 rings (SSSR count). The van der Waals surface area contributed by atoms with Gasteiger partial charge in [0.1, 0.15) is 6.26 Å². The van der Waals surface area contributed by atoms with Gasteiger partial charge in [-0.3, -0.25) is 9.59 Å². The van der Waals surface area contributed by atoms with Gasteiger partial charge in [0.25, 0.3) is 0 Å². The number of halogens is 1. The van der Waals surface area contributed by atoms with Crippen LogP contribution in [0.5, 0.6) is 0 Å². The molecule has 0 spiro atoms. The summed E-state index contributed by atoms with van der Waals surface area (Å²) in [5.74, 6) is -0.364. The summed E-state index contributed by atoms with van der Waals surface area (Å²) in [7, 11) is 0. The number of amides is 2. The Morgan fingerprint density at radius 2 is 2.09 bits per heavy atom. The van der Waals surface area contributed by atoms with E-state index in [1.807, 2.05) is 35.9 Å². The Morgan fingerprint density at radius 1 is 1.28 bits per heavy atom. The molecule has 1 aliphatic carbocycles. The second-order valence-corrected chi connectivity index (χ2v) is 8.44. The highest BCUT2D eigenvalue weighted by atomic mass is 35.5. The normalized spacial score (nSPS) is 15.2. The van der Waals surface area contributed by atoms with Crippen molar-refractivity contribution in [2.45, 2.75) is 26.3 Å². The van der Waals surface area contributed by atoms with Crippen LogP contribution in [0.1, 0.15) is 34.3 Å². The number of hydrogen-bond donors (Lipinski definition) is 3. The zero-order valence-electron chi connectivity index (χ0n) is 17.4. The van der Waals surface area contributed by atoms with Gasteiger partial charge in [0.2, 0.25) is 11.8 Å². The lowest BCUT2D eigenvalue weighted by atomic mass is 10.1. The lowest BCUT2D eigenvalue weighted by molar-refractivity contribution is -0.122. The van der Waals surface area contributed by atoms with Crippen molar-refractivity contribution in [3.05, 3.63) is 70.7 Å². The molecule has 0 saturated heterocycles. The third kappa shape index (κ3) is 3.57. The maximum atomic E-state index is 12.2. The number of benzene rings is 2. The first kappa shape index (κ1) is 20.4. The molecule has 0 atom stereocenters. The molecule has 0 bridgehead atoms. The Kier molecular flexibility index (Phi) is 5.03. The number of anilines is 1. The number of aromatic nitrogens is 1. The summed E-state index contributed by atoms with van der Waals surface area (Å²) < 4.78 is 1.92. The molecule has 9 heteroatoms. The second-order valence-electron chi connectivity index (χ2n) is 8.04. The summed E-state index contributed by atoms with van der Waals surface area (Å²) >= 11 is 6.71. The van der Waals surface area contributed by atoms with Crippen LogP contribution in [-0.2, 0) is 16.2 Å². The second kappa shape index (κ2) is 7.89. The van der Waals surface area contributed by atoms with Crippen molar-refractivity contribution in [1.82, 2.24) is 15.5 Å². The van der Waals surface area contributed by atoms with E-state index in [-0.39, 0.29) is 11.8 Å². The number of nitrogens with zero attached hydrogens (tertiary/aromatic N) is 2. The highest BCUT2D eigenvalue weighted by Gasteiger charge is 2.29. The molecular weight excluding hydrogens is 430 g/mol. The number of hydrazine groups is 1. The number of fused-ring (bicyclic) bond motifs is 1. The molecule has 0 unspecified atom stereocenters. The maximum absolute atomic E-state index is 12.2. The van der Waals surface area contributed by atoms with Crippen LogP contribution in [0.3, 0.4) is 0 Å². The largest absolute Gasteiger partial charge is 0.395 e. The maximum Gasteiger partial charge on any atom is 0.248 e. The molecule has 4 N–H and O–H groups in total. The van der Waals surface area contributed by atoms with Gasteiger partial charge in [-0.2, -0.15) is 0 Å². The van der Waals surface area contributed by atoms with Crippen LogP contribution >= 0.6 is 11.6 Å². The first-order valence-corrected chi connectivity index (χ1v) is 10.7. The molecule has 1 fully saturated rings. The zero-order chi connectivity index (χ0) is 22.4.